The molecule has 1 aliphatic carbocycles. The molecule has 0 heterocycles. The molecule has 3 nitrogen and oxygen atoms in total. The largest absolute Gasteiger partial charge is 0.366 e. The Balaban J connectivity index is 1.80. The zero-order chi connectivity index (χ0) is 20.1. The number of rotatable bonds is 5. The van der Waals surface area contributed by atoms with E-state index < -0.39 is 5.91 Å². The molecule has 0 radical (unpaired) electrons. The molecule has 0 atom stereocenters. The molecule has 1 aliphatic rings. The van der Waals surface area contributed by atoms with E-state index in [1.54, 1.807) is 12.1 Å². The van der Waals surface area contributed by atoms with E-state index >= 15 is 0 Å². The summed E-state index contributed by atoms with van der Waals surface area (Å²) in [5, 5.41) is 0. The van der Waals surface area contributed by atoms with Gasteiger partial charge in [-0.05, 0) is 66.5 Å². The van der Waals surface area contributed by atoms with Crippen LogP contribution in [-0.4, -0.2) is 11.6 Å². The first-order valence-corrected chi connectivity index (χ1v) is 10.1. The van der Waals surface area contributed by atoms with Gasteiger partial charge in [0.15, 0.2) is 0 Å². The molecule has 0 unspecified atom stereocenters. The van der Waals surface area contributed by atoms with Crippen LogP contribution < -0.4 is 5.73 Å². The first-order chi connectivity index (χ1) is 13.4. The number of benzene rings is 2. The van der Waals surface area contributed by atoms with E-state index in [1.807, 2.05) is 25.3 Å². The van der Waals surface area contributed by atoms with Crippen LogP contribution in [0.4, 0.5) is 0 Å². The maximum atomic E-state index is 11.2. The van der Waals surface area contributed by atoms with E-state index in [4.69, 9.17) is 5.73 Å². The van der Waals surface area contributed by atoms with Crippen LogP contribution in [0.5, 0.6) is 0 Å². The van der Waals surface area contributed by atoms with Crippen LogP contribution in [-0.2, 0) is 5.41 Å². The summed E-state index contributed by atoms with van der Waals surface area (Å²) in [5.41, 5.74) is 11.8. The van der Waals surface area contributed by atoms with E-state index in [0.717, 1.165) is 16.8 Å². The molecular weight excluding hydrogens is 344 g/mol. The van der Waals surface area contributed by atoms with Gasteiger partial charge in [0.05, 0.1) is 0 Å². The van der Waals surface area contributed by atoms with Gasteiger partial charge in [-0.2, -0.15) is 0 Å². The molecule has 1 saturated carbocycles. The van der Waals surface area contributed by atoms with Crippen molar-refractivity contribution in [2.45, 2.75) is 58.3 Å². The normalized spacial score (nSPS) is 17.4. The second kappa shape index (κ2) is 8.55. The summed E-state index contributed by atoms with van der Waals surface area (Å²) in [6.07, 6.45) is 8.50. The molecule has 146 valence electrons. The van der Waals surface area contributed by atoms with Crippen molar-refractivity contribution in [2.24, 2.45) is 10.7 Å². The quantitative estimate of drug-likeness (QED) is 0.653. The number of aliphatic imine (C=N–C) groups is 1. The number of primary amides is 1. The Morgan fingerprint density at radius 2 is 1.61 bits per heavy atom. The molecule has 0 aliphatic heterocycles. The van der Waals surface area contributed by atoms with Crippen LogP contribution in [0.2, 0.25) is 0 Å². The summed E-state index contributed by atoms with van der Waals surface area (Å²) in [6, 6.07) is 16.2. The first-order valence-electron chi connectivity index (χ1n) is 10.1. The van der Waals surface area contributed by atoms with E-state index in [0.29, 0.717) is 11.0 Å². The highest BCUT2D eigenvalue weighted by molar-refractivity contribution is 6.00. The lowest BCUT2D eigenvalue weighted by Crippen LogP contribution is -2.25. The van der Waals surface area contributed by atoms with Crippen LogP contribution >= 0.6 is 0 Å². The summed E-state index contributed by atoms with van der Waals surface area (Å²) in [6.45, 7) is 6.49. The fourth-order valence-corrected chi connectivity index (χ4v) is 3.98. The third kappa shape index (κ3) is 4.59. The lowest BCUT2D eigenvalue weighted by molar-refractivity contribution is 0.100. The lowest BCUT2D eigenvalue weighted by Gasteiger charge is -2.34. The number of nitrogens with two attached hydrogens (primary N) is 1. The number of amides is 1. The minimum atomic E-state index is -0.413. The number of nitrogens with zero attached hydrogens (tertiary/aromatic N) is 1. The summed E-state index contributed by atoms with van der Waals surface area (Å²) in [5.74, 6) is -0.413. The second-order valence-corrected chi connectivity index (χ2v) is 8.17. The summed E-state index contributed by atoms with van der Waals surface area (Å²) < 4.78 is 0. The third-order valence-electron chi connectivity index (χ3n) is 6.01. The number of carbonyl (C=O) groups excluding carboxylic acids is 1. The Kier molecular flexibility index (Phi) is 6.13. The van der Waals surface area contributed by atoms with Crippen LogP contribution in [0.3, 0.4) is 0 Å². The van der Waals surface area contributed by atoms with Crippen LogP contribution in [0.1, 0.15) is 79.9 Å². The summed E-state index contributed by atoms with van der Waals surface area (Å²) in [7, 11) is 0. The Labute approximate surface area is 168 Å². The molecule has 0 saturated heterocycles. The van der Waals surface area contributed by atoms with E-state index in [-0.39, 0.29) is 0 Å². The average Bonchev–Trinajstić information content (AvgIpc) is 2.72. The molecule has 0 spiro atoms. The highest BCUT2D eigenvalue weighted by atomic mass is 16.1. The minimum Gasteiger partial charge on any atom is -0.366 e. The maximum Gasteiger partial charge on any atom is 0.248 e. The number of hydrogen-bond acceptors (Lipinski definition) is 2. The van der Waals surface area contributed by atoms with E-state index in [9.17, 15) is 4.79 Å². The second-order valence-electron chi connectivity index (χ2n) is 8.17. The SMILES string of the molecule is CC(=N/C=C(\C)c1cccc(C2(C)CCCCC2)c1)c1ccc(C(N)=O)cc1. The Morgan fingerprint density at radius 3 is 2.25 bits per heavy atom. The fraction of sp³-hybridized carbons (Fsp3) is 0.360. The zero-order valence-electron chi connectivity index (χ0n) is 17.2. The Morgan fingerprint density at radius 1 is 0.964 bits per heavy atom. The predicted molar refractivity (Wildman–Crippen MR) is 118 cm³/mol. The van der Waals surface area contributed by atoms with Gasteiger partial charge in [-0.1, -0.05) is 62.6 Å². The monoisotopic (exact) mass is 374 g/mol. The molecule has 2 N–H and O–H groups in total. The van der Waals surface area contributed by atoms with E-state index in [1.165, 1.54) is 43.2 Å². The smallest absolute Gasteiger partial charge is 0.248 e. The Hall–Kier alpha value is -2.68. The molecule has 3 rings (SSSR count). The highest BCUT2D eigenvalue weighted by Gasteiger charge is 2.28. The molecule has 3 heteroatoms. The van der Waals surface area contributed by atoms with Crippen LogP contribution in [0.15, 0.2) is 59.7 Å². The molecule has 1 amide bonds. The van der Waals surface area contributed by atoms with Gasteiger partial charge in [0.1, 0.15) is 0 Å². The van der Waals surface area contributed by atoms with Crippen molar-refractivity contribution in [3.05, 3.63) is 77.0 Å². The van der Waals surface area contributed by atoms with Crippen molar-refractivity contribution in [3.8, 4) is 0 Å². The van der Waals surface area contributed by atoms with Crippen molar-refractivity contribution >= 4 is 17.2 Å². The van der Waals surface area contributed by atoms with Gasteiger partial charge < -0.3 is 5.73 Å². The standard InChI is InChI=1S/C25H30N2O/c1-18(17-27-19(2)20-10-12-21(13-11-20)24(26)28)22-8-7-9-23(16-22)25(3)14-5-4-6-15-25/h7-13,16-17H,4-6,14-15H2,1-3H3,(H2,26,28)/b18-17+,27-19?. The topological polar surface area (TPSA) is 55.4 Å². The molecular formula is C25H30N2O. The maximum absolute atomic E-state index is 11.2. The lowest BCUT2D eigenvalue weighted by atomic mass is 9.70. The molecule has 1 fully saturated rings. The predicted octanol–water partition coefficient (Wildman–Crippen LogP) is 5.88. The Bertz CT molecular complexity index is 900. The van der Waals surface area contributed by atoms with Crippen molar-refractivity contribution < 1.29 is 4.79 Å². The summed E-state index contributed by atoms with van der Waals surface area (Å²) >= 11 is 0. The van der Waals surface area contributed by atoms with Crippen molar-refractivity contribution in [1.82, 2.24) is 0 Å². The molecule has 0 bridgehead atoms. The molecule has 2 aromatic rings. The molecule has 28 heavy (non-hydrogen) atoms. The fourth-order valence-electron chi connectivity index (χ4n) is 3.98. The highest BCUT2D eigenvalue weighted by Crippen LogP contribution is 2.39. The number of hydrogen-bond donors (Lipinski definition) is 1. The number of carbonyl (C=O) groups is 1. The van der Waals surface area contributed by atoms with Crippen molar-refractivity contribution in [1.29, 1.82) is 0 Å². The molecule has 2 aromatic carbocycles. The van der Waals surface area contributed by atoms with E-state index in [2.05, 4.69) is 43.1 Å². The molecule has 0 aromatic heterocycles. The number of allylic oxidation sites excluding steroid dienone is 1. The van der Waals surface area contributed by atoms with Gasteiger partial charge >= 0.3 is 0 Å². The van der Waals surface area contributed by atoms with Crippen LogP contribution in [0, 0.1) is 0 Å². The van der Waals surface area contributed by atoms with Gasteiger partial charge in [-0.25, -0.2) is 0 Å². The van der Waals surface area contributed by atoms with Crippen LogP contribution in [0.25, 0.3) is 5.57 Å². The summed E-state index contributed by atoms with van der Waals surface area (Å²) in [4.78, 5) is 15.8. The zero-order valence-corrected chi connectivity index (χ0v) is 17.2. The first kappa shape index (κ1) is 20.1. The average molecular weight is 375 g/mol. The van der Waals surface area contributed by atoms with Gasteiger partial charge in [0.25, 0.3) is 0 Å². The third-order valence-corrected chi connectivity index (χ3v) is 6.01. The van der Waals surface area contributed by atoms with Gasteiger partial charge in [0, 0.05) is 17.5 Å². The van der Waals surface area contributed by atoms with Crippen molar-refractivity contribution in [2.75, 3.05) is 0 Å². The van der Waals surface area contributed by atoms with Gasteiger partial charge in [0.2, 0.25) is 5.91 Å². The van der Waals surface area contributed by atoms with Crippen molar-refractivity contribution in [3.63, 3.8) is 0 Å². The minimum absolute atomic E-state index is 0.301. The van der Waals surface area contributed by atoms with Gasteiger partial charge in [-0.3, -0.25) is 9.79 Å². The van der Waals surface area contributed by atoms with Gasteiger partial charge in [-0.15, -0.1) is 0 Å².